The molecule has 0 saturated carbocycles. The van der Waals surface area contributed by atoms with E-state index in [1.165, 1.54) is 18.2 Å². The summed E-state index contributed by atoms with van der Waals surface area (Å²) in [5, 5.41) is 5.56. The highest BCUT2D eigenvalue weighted by Crippen LogP contribution is 2.26. The number of para-hydroxylation sites is 1. The topological polar surface area (TPSA) is 63.2 Å². The second-order valence-corrected chi connectivity index (χ2v) is 6.04. The molecule has 1 fully saturated rings. The molecule has 1 amide bonds. The number of nitrogens with one attached hydrogen (secondary N) is 2. The first-order chi connectivity index (χ1) is 12.0. The van der Waals surface area contributed by atoms with E-state index in [4.69, 9.17) is 16.3 Å². The molecule has 132 valence electrons. The molecule has 1 aromatic heterocycles. The Morgan fingerprint density at radius 1 is 1.28 bits per heavy atom. The average Bonchev–Trinajstić information content (AvgIpc) is 2.60. The summed E-state index contributed by atoms with van der Waals surface area (Å²) in [4.78, 5) is 16.5. The lowest BCUT2D eigenvalue weighted by molar-refractivity contribution is 0.0903. The Balaban J connectivity index is 1.84. The fourth-order valence-corrected chi connectivity index (χ4v) is 2.77. The molecule has 2 aromatic rings. The second kappa shape index (κ2) is 7.76. The molecular formula is C17H16ClF2N3O2. The largest absolute Gasteiger partial charge is 0.381 e. The van der Waals surface area contributed by atoms with Gasteiger partial charge in [0.1, 0.15) is 17.5 Å². The standard InChI is InChI=1S/C17H16ClF2N3O2/c18-13-2-1-3-14(20)15(13)23-17(24)12-8-10(19)9-21-16(12)22-11-4-6-25-7-5-11/h1-3,8-9,11H,4-7H2,(H,21,22)(H,23,24). The van der Waals surface area contributed by atoms with Gasteiger partial charge in [-0.1, -0.05) is 17.7 Å². The van der Waals surface area contributed by atoms with E-state index in [1.807, 2.05) is 0 Å². The number of anilines is 2. The quantitative estimate of drug-likeness (QED) is 0.861. The van der Waals surface area contributed by atoms with E-state index < -0.39 is 17.5 Å². The third kappa shape index (κ3) is 4.24. The summed E-state index contributed by atoms with van der Waals surface area (Å²) < 4.78 is 32.7. The van der Waals surface area contributed by atoms with Crippen LogP contribution in [0.1, 0.15) is 23.2 Å². The molecule has 1 saturated heterocycles. The van der Waals surface area contributed by atoms with Gasteiger partial charge in [0, 0.05) is 19.3 Å². The molecule has 5 nitrogen and oxygen atoms in total. The van der Waals surface area contributed by atoms with Gasteiger partial charge < -0.3 is 15.4 Å². The van der Waals surface area contributed by atoms with Crippen LogP contribution in [0.15, 0.2) is 30.5 Å². The van der Waals surface area contributed by atoms with Gasteiger partial charge >= 0.3 is 0 Å². The molecule has 0 aliphatic carbocycles. The summed E-state index contributed by atoms with van der Waals surface area (Å²) in [7, 11) is 0. The van der Waals surface area contributed by atoms with Gasteiger partial charge in [-0.25, -0.2) is 13.8 Å². The van der Waals surface area contributed by atoms with Gasteiger partial charge in [-0.3, -0.25) is 4.79 Å². The minimum atomic E-state index is -0.700. The maximum Gasteiger partial charge on any atom is 0.259 e. The third-order valence-electron chi connectivity index (χ3n) is 3.86. The maximum atomic E-state index is 13.9. The van der Waals surface area contributed by atoms with Gasteiger partial charge in [-0.2, -0.15) is 0 Å². The molecule has 8 heteroatoms. The number of halogens is 3. The number of benzene rings is 1. The summed E-state index contributed by atoms with van der Waals surface area (Å²) in [5.74, 6) is -1.81. The summed E-state index contributed by atoms with van der Waals surface area (Å²) in [5.41, 5.74) is -0.179. The van der Waals surface area contributed by atoms with Gasteiger partial charge in [-0.15, -0.1) is 0 Å². The fraction of sp³-hybridized carbons (Fsp3) is 0.294. The van der Waals surface area contributed by atoms with Crippen LogP contribution in [-0.4, -0.2) is 30.1 Å². The number of aromatic nitrogens is 1. The number of hydrogen-bond donors (Lipinski definition) is 2. The van der Waals surface area contributed by atoms with E-state index in [0.717, 1.165) is 25.1 Å². The first-order valence-corrected chi connectivity index (χ1v) is 8.17. The van der Waals surface area contributed by atoms with E-state index >= 15 is 0 Å². The molecule has 0 unspecified atom stereocenters. The number of carbonyl (C=O) groups is 1. The molecule has 3 rings (SSSR count). The monoisotopic (exact) mass is 367 g/mol. The fourth-order valence-electron chi connectivity index (χ4n) is 2.56. The van der Waals surface area contributed by atoms with Gasteiger partial charge in [0.05, 0.1) is 22.5 Å². The maximum absolute atomic E-state index is 13.9. The normalized spacial score (nSPS) is 15.0. The van der Waals surface area contributed by atoms with Crippen LogP contribution in [0, 0.1) is 11.6 Å². The summed E-state index contributed by atoms with van der Waals surface area (Å²) in [6.45, 7) is 1.20. The minimum Gasteiger partial charge on any atom is -0.381 e. The van der Waals surface area contributed by atoms with Gasteiger partial charge in [-0.05, 0) is 31.0 Å². The van der Waals surface area contributed by atoms with Crippen molar-refractivity contribution < 1.29 is 18.3 Å². The van der Waals surface area contributed by atoms with E-state index in [0.29, 0.717) is 13.2 Å². The number of nitrogens with zero attached hydrogens (tertiary/aromatic N) is 1. The molecule has 2 heterocycles. The van der Waals surface area contributed by atoms with Crippen LogP contribution >= 0.6 is 11.6 Å². The highest BCUT2D eigenvalue weighted by Gasteiger charge is 2.21. The molecule has 1 aromatic carbocycles. The lowest BCUT2D eigenvalue weighted by Crippen LogP contribution is -2.29. The van der Waals surface area contributed by atoms with Crippen LogP contribution in [-0.2, 0) is 4.74 Å². The summed E-state index contributed by atoms with van der Waals surface area (Å²) in [6, 6.07) is 5.17. The number of carbonyl (C=O) groups excluding carboxylic acids is 1. The lowest BCUT2D eigenvalue weighted by atomic mass is 10.1. The minimum absolute atomic E-state index is 0.0224. The van der Waals surface area contributed by atoms with Gasteiger partial charge in [0.2, 0.25) is 0 Å². The van der Waals surface area contributed by atoms with Crippen LogP contribution in [0.4, 0.5) is 20.3 Å². The predicted molar refractivity (Wildman–Crippen MR) is 91.0 cm³/mol. The van der Waals surface area contributed by atoms with Crippen LogP contribution in [0.3, 0.4) is 0 Å². The number of ether oxygens (including phenoxy) is 1. The number of pyridine rings is 1. The Morgan fingerprint density at radius 3 is 2.76 bits per heavy atom. The van der Waals surface area contributed by atoms with E-state index in [1.54, 1.807) is 0 Å². The molecule has 1 aliphatic rings. The molecule has 0 atom stereocenters. The van der Waals surface area contributed by atoms with Crippen LogP contribution in [0.5, 0.6) is 0 Å². The third-order valence-corrected chi connectivity index (χ3v) is 4.18. The van der Waals surface area contributed by atoms with Crippen molar-refractivity contribution in [2.75, 3.05) is 23.8 Å². The Labute approximate surface area is 148 Å². The zero-order valence-electron chi connectivity index (χ0n) is 13.2. The molecule has 1 aliphatic heterocycles. The van der Waals surface area contributed by atoms with Crippen LogP contribution in [0.2, 0.25) is 5.02 Å². The highest BCUT2D eigenvalue weighted by molar-refractivity contribution is 6.34. The Morgan fingerprint density at radius 2 is 2.04 bits per heavy atom. The molecule has 0 bridgehead atoms. The average molecular weight is 368 g/mol. The number of rotatable bonds is 4. The van der Waals surface area contributed by atoms with Crippen LogP contribution in [0.25, 0.3) is 0 Å². The van der Waals surface area contributed by atoms with Crippen molar-refractivity contribution in [2.45, 2.75) is 18.9 Å². The van der Waals surface area contributed by atoms with Crippen molar-refractivity contribution in [2.24, 2.45) is 0 Å². The molecular weight excluding hydrogens is 352 g/mol. The first-order valence-electron chi connectivity index (χ1n) is 7.80. The van der Waals surface area contributed by atoms with Crippen LogP contribution < -0.4 is 10.6 Å². The zero-order valence-corrected chi connectivity index (χ0v) is 13.9. The summed E-state index contributed by atoms with van der Waals surface area (Å²) >= 11 is 5.91. The molecule has 0 spiro atoms. The highest BCUT2D eigenvalue weighted by atomic mass is 35.5. The predicted octanol–water partition coefficient (Wildman–Crippen LogP) is 3.86. The van der Waals surface area contributed by atoms with Crippen molar-refractivity contribution in [1.82, 2.24) is 4.98 Å². The van der Waals surface area contributed by atoms with Crippen molar-refractivity contribution >= 4 is 29.0 Å². The Kier molecular flexibility index (Phi) is 5.45. The van der Waals surface area contributed by atoms with E-state index in [-0.39, 0.29) is 28.1 Å². The lowest BCUT2D eigenvalue weighted by Gasteiger charge is -2.24. The van der Waals surface area contributed by atoms with Crippen molar-refractivity contribution in [3.8, 4) is 0 Å². The molecule has 25 heavy (non-hydrogen) atoms. The zero-order chi connectivity index (χ0) is 17.8. The van der Waals surface area contributed by atoms with Gasteiger partial charge in [0.25, 0.3) is 5.91 Å². The van der Waals surface area contributed by atoms with E-state index in [9.17, 15) is 13.6 Å². The summed E-state index contributed by atoms with van der Waals surface area (Å²) in [6.07, 6.45) is 2.52. The van der Waals surface area contributed by atoms with Gasteiger partial charge in [0.15, 0.2) is 0 Å². The van der Waals surface area contributed by atoms with Crippen molar-refractivity contribution in [1.29, 1.82) is 0 Å². The Hall–Kier alpha value is -2.25. The Bertz CT molecular complexity index is 762. The smallest absolute Gasteiger partial charge is 0.259 e. The number of hydrogen-bond acceptors (Lipinski definition) is 4. The molecule has 0 radical (unpaired) electrons. The SMILES string of the molecule is O=C(Nc1c(F)cccc1Cl)c1cc(F)cnc1NC1CCOCC1. The number of amides is 1. The van der Waals surface area contributed by atoms with Crippen molar-refractivity contribution in [3.63, 3.8) is 0 Å². The molecule has 2 N–H and O–H groups in total. The van der Waals surface area contributed by atoms with E-state index in [2.05, 4.69) is 15.6 Å². The van der Waals surface area contributed by atoms with Crippen molar-refractivity contribution in [3.05, 3.63) is 52.7 Å². The first kappa shape index (κ1) is 17.6. The second-order valence-electron chi connectivity index (χ2n) is 5.63.